The number of hydrogen-bond acceptors (Lipinski definition) is 5. The molecular formula is C15H11ClN4O3. The first-order valence-electron chi connectivity index (χ1n) is 6.59. The number of esters is 1. The number of hydrogen-bond donors (Lipinski definition) is 2. The lowest BCUT2D eigenvalue weighted by Crippen LogP contribution is -2.26. The van der Waals surface area contributed by atoms with Gasteiger partial charge in [0, 0.05) is 23.3 Å². The second kappa shape index (κ2) is 6.05. The van der Waals surface area contributed by atoms with Gasteiger partial charge in [-0.05, 0) is 18.2 Å². The number of halogens is 1. The van der Waals surface area contributed by atoms with E-state index in [9.17, 15) is 9.59 Å². The van der Waals surface area contributed by atoms with Gasteiger partial charge in [0.25, 0.3) is 5.91 Å². The van der Waals surface area contributed by atoms with Crippen LogP contribution in [0.3, 0.4) is 0 Å². The van der Waals surface area contributed by atoms with Crippen LogP contribution in [-0.2, 0) is 9.53 Å². The van der Waals surface area contributed by atoms with Crippen LogP contribution >= 0.6 is 11.6 Å². The molecule has 1 unspecified atom stereocenters. The van der Waals surface area contributed by atoms with Gasteiger partial charge in [0.1, 0.15) is 10.8 Å². The molecule has 3 N–H and O–H groups in total. The fourth-order valence-electron chi connectivity index (χ4n) is 2.11. The quantitative estimate of drug-likeness (QED) is 0.561. The topological polar surface area (TPSA) is 111 Å². The lowest BCUT2D eigenvalue weighted by molar-refractivity contribution is -0.127. The molecule has 0 aliphatic heterocycles. The summed E-state index contributed by atoms with van der Waals surface area (Å²) in [5.74, 6) is -1.50. The molecule has 116 valence electrons. The van der Waals surface area contributed by atoms with Crippen molar-refractivity contribution in [2.75, 3.05) is 0 Å². The standard InChI is InChI=1S/C15H11ClN4O3/c16-12-5-9-4-10(20-11(9)7-19-12)15(22)23-13(14(17)21)8-2-1-3-18-6-8/h1-7,13,20H,(H2,17,21). The molecule has 3 aromatic heterocycles. The van der Waals surface area contributed by atoms with Gasteiger partial charge >= 0.3 is 5.97 Å². The Morgan fingerprint density at radius 2 is 2.13 bits per heavy atom. The number of carbonyl (C=O) groups excluding carboxylic acids is 2. The first-order valence-corrected chi connectivity index (χ1v) is 6.97. The zero-order valence-electron chi connectivity index (χ0n) is 11.7. The highest BCUT2D eigenvalue weighted by atomic mass is 35.5. The van der Waals surface area contributed by atoms with Crippen molar-refractivity contribution >= 4 is 34.4 Å². The van der Waals surface area contributed by atoms with Crippen molar-refractivity contribution in [1.82, 2.24) is 15.0 Å². The van der Waals surface area contributed by atoms with Crippen LogP contribution in [0.25, 0.3) is 10.9 Å². The number of H-pyrrole nitrogens is 1. The molecule has 1 amide bonds. The molecule has 0 saturated carbocycles. The number of carbonyl (C=O) groups is 2. The predicted molar refractivity (Wildman–Crippen MR) is 82.7 cm³/mol. The number of aromatic nitrogens is 3. The molecule has 8 heteroatoms. The molecule has 1 atom stereocenters. The van der Waals surface area contributed by atoms with E-state index in [4.69, 9.17) is 22.1 Å². The number of nitrogens with one attached hydrogen (secondary N) is 1. The first kappa shape index (κ1) is 15.0. The Bertz CT molecular complexity index is 879. The number of primary amides is 1. The number of amides is 1. The van der Waals surface area contributed by atoms with Gasteiger partial charge in [-0.1, -0.05) is 17.7 Å². The largest absolute Gasteiger partial charge is 0.443 e. The molecule has 3 aromatic rings. The molecule has 7 nitrogen and oxygen atoms in total. The van der Waals surface area contributed by atoms with Crippen LogP contribution in [0.4, 0.5) is 0 Å². The second-order valence-electron chi connectivity index (χ2n) is 4.75. The fourth-order valence-corrected chi connectivity index (χ4v) is 2.27. The molecule has 3 rings (SSSR count). The van der Waals surface area contributed by atoms with E-state index in [0.29, 0.717) is 21.6 Å². The van der Waals surface area contributed by atoms with Crippen molar-refractivity contribution in [1.29, 1.82) is 0 Å². The highest BCUT2D eigenvalue weighted by Gasteiger charge is 2.24. The summed E-state index contributed by atoms with van der Waals surface area (Å²) < 4.78 is 5.21. The van der Waals surface area contributed by atoms with Gasteiger partial charge < -0.3 is 15.5 Å². The van der Waals surface area contributed by atoms with E-state index < -0.39 is 18.0 Å². The number of ether oxygens (including phenoxy) is 1. The molecule has 0 aliphatic carbocycles. The van der Waals surface area contributed by atoms with Gasteiger partial charge in [-0.3, -0.25) is 9.78 Å². The minimum Gasteiger partial charge on any atom is -0.443 e. The number of nitrogens with zero attached hydrogens (tertiary/aromatic N) is 2. The lowest BCUT2D eigenvalue weighted by atomic mass is 10.1. The van der Waals surface area contributed by atoms with Crippen molar-refractivity contribution in [3.05, 3.63) is 59.3 Å². The van der Waals surface area contributed by atoms with E-state index in [1.807, 2.05) is 0 Å². The molecule has 23 heavy (non-hydrogen) atoms. The van der Waals surface area contributed by atoms with Gasteiger partial charge in [0.15, 0.2) is 0 Å². The summed E-state index contributed by atoms with van der Waals surface area (Å²) in [5, 5.41) is 1.01. The number of aromatic amines is 1. The third-order valence-electron chi connectivity index (χ3n) is 3.16. The summed E-state index contributed by atoms with van der Waals surface area (Å²) in [6.45, 7) is 0. The van der Waals surface area contributed by atoms with Gasteiger partial charge in [0.05, 0.1) is 11.7 Å². The van der Waals surface area contributed by atoms with Crippen LogP contribution in [0.5, 0.6) is 0 Å². The van der Waals surface area contributed by atoms with Crippen molar-refractivity contribution in [3.63, 3.8) is 0 Å². The summed E-state index contributed by atoms with van der Waals surface area (Å²) in [5.41, 5.74) is 6.50. The Kier molecular flexibility index (Phi) is 3.94. The summed E-state index contributed by atoms with van der Waals surface area (Å²) >= 11 is 5.80. The van der Waals surface area contributed by atoms with Crippen molar-refractivity contribution in [3.8, 4) is 0 Å². The van der Waals surface area contributed by atoms with Crippen molar-refractivity contribution in [2.24, 2.45) is 5.73 Å². The van der Waals surface area contributed by atoms with E-state index in [2.05, 4.69) is 15.0 Å². The zero-order valence-corrected chi connectivity index (χ0v) is 12.4. The summed E-state index contributed by atoms with van der Waals surface area (Å²) in [7, 11) is 0. The Labute approximate surface area is 135 Å². The molecule has 0 aliphatic rings. The van der Waals surface area contributed by atoms with E-state index in [1.54, 1.807) is 24.3 Å². The lowest BCUT2D eigenvalue weighted by Gasteiger charge is -2.13. The molecule has 0 aromatic carbocycles. The third-order valence-corrected chi connectivity index (χ3v) is 3.37. The summed E-state index contributed by atoms with van der Waals surface area (Å²) in [4.78, 5) is 34.5. The van der Waals surface area contributed by atoms with Crippen LogP contribution < -0.4 is 5.73 Å². The van der Waals surface area contributed by atoms with Crippen LogP contribution in [0.2, 0.25) is 5.15 Å². The monoisotopic (exact) mass is 330 g/mol. The minimum absolute atomic E-state index is 0.166. The molecule has 3 heterocycles. The maximum Gasteiger partial charge on any atom is 0.355 e. The number of nitrogens with two attached hydrogens (primary N) is 1. The fraction of sp³-hybridized carbons (Fsp3) is 0.0667. The van der Waals surface area contributed by atoms with E-state index in [1.165, 1.54) is 18.6 Å². The van der Waals surface area contributed by atoms with Crippen LogP contribution in [0.15, 0.2) is 42.9 Å². The maximum atomic E-state index is 12.3. The third kappa shape index (κ3) is 3.14. The zero-order chi connectivity index (χ0) is 16.4. The normalized spacial score (nSPS) is 12.0. The predicted octanol–water partition coefficient (Wildman–Crippen LogP) is 1.99. The van der Waals surface area contributed by atoms with Gasteiger partial charge in [-0.25, -0.2) is 9.78 Å². The minimum atomic E-state index is -1.22. The molecule has 0 radical (unpaired) electrons. The highest BCUT2D eigenvalue weighted by molar-refractivity contribution is 6.30. The Balaban J connectivity index is 1.87. The Morgan fingerprint density at radius 3 is 2.83 bits per heavy atom. The number of fused-ring (bicyclic) bond motifs is 1. The average Bonchev–Trinajstić information content (AvgIpc) is 2.96. The van der Waals surface area contributed by atoms with E-state index >= 15 is 0 Å². The average molecular weight is 331 g/mol. The van der Waals surface area contributed by atoms with E-state index in [-0.39, 0.29) is 5.69 Å². The van der Waals surface area contributed by atoms with Crippen LogP contribution in [-0.4, -0.2) is 26.8 Å². The van der Waals surface area contributed by atoms with Gasteiger partial charge in [-0.2, -0.15) is 0 Å². The van der Waals surface area contributed by atoms with Gasteiger partial charge in [-0.15, -0.1) is 0 Å². The maximum absolute atomic E-state index is 12.3. The number of pyridine rings is 2. The molecule has 0 spiro atoms. The van der Waals surface area contributed by atoms with Crippen molar-refractivity contribution in [2.45, 2.75) is 6.10 Å². The smallest absolute Gasteiger partial charge is 0.355 e. The molecule has 0 fully saturated rings. The molecule has 0 bridgehead atoms. The summed E-state index contributed by atoms with van der Waals surface area (Å²) in [6, 6.07) is 6.39. The number of rotatable bonds is 4. The molecule has 0 saturated heterocycles. The second-order valence-corrected chi connectivity index (χ2v) is 5.14. The first-order chi connectivity index (χ1) is 11.0. The van der Waals surface area contributed by atoms with Crippen molar-refractivity contribution < 1.29 is 14.3 Å². The van der Waals surface area contributed by atoms with Crippen LogP contribution in [0, 0.1) is 0 Å². The van der Waals surface area contributed by atoms with Crippen LogP contribution in [0.1, 0.15) is 22.2 Å². The van der Waals surface area contributed by atoms with E-state index in [0.717, 1.165) is 0 Å². The van der Waals surface area contributed by atoms with Gasteiger partial charge in [0.2, 0.25) is 6.10 Å². The highest BCUT2D eigenvalue weighted by Crippen LogP contribution is 2.21. The Morgan fingerprint density at radius 1 is 1.30 bits per heavy atom. The Hall–Kier alpha value is -2.93. The summed E-state index contributed by atoms with van der Waals surface area (Å²) in [6.07, 6.45) is 3.24. The molecular weight excluding hydrogens is 320 g/mol. The SMILES string of the molecule is NC(=O)C(OC(=O)c1cc2cc(Cl)ncc2[nH]1)c1cccnc1.